The summed E-state index contributed by atoms with van der Waals surface area (Å²) in [6.07, 6.45) is 0.737. The van der Waals surface area contributed by atoms with E-state index in [4.69, 9.17) is 9.47 Å². The van der Waals surface area contributed by atoms with Crippen molar-refractivity contribution < 1.29 is 19.5 Å². The van der Waals surface area contributed by atoms with Gasteiger partial charge in [-0.15, -0.1) is 0 Å². The lowest BCUT2D eigenvalue weighted by molar-refractivity contribution is 0.178. The molecule has 0 aliphatic heterocycles. The number of ether oxygens (including phenoxy) is 2. The molecule has 0 unspecified atom stereocenters. The van der Waals surface area contributed by atoms with Crippen molar-refractivity contribution in [2.24, 2.45) is 5.41 Å². The van der Waals surface area contributed by atoms with Gasteiger partial charge in [-0.05, 0) is 24.1 Å². The van der Waals surface area contributed by atoms with Gasteiger partial charge in [0.2, 0.25) is 0 Å². The van der Waals surface area contributed by atoms with Crippen molar-refractivity contribution in [3.05, 3.63) is 53.6 Å². The van der Waals surface area contributed by atoms with Crippen LogP contribution in [0.1, 0.15) is 25.0 Å². The van der Waals surface area contributed by atoms with E-state index in [9.17, 15) is 15.3 Å². The van der Waals surface area contributed by atoms with Crippen LogP contribution in [0.2, 0.25) is 0 Å². The van der Waals surface area contributed by atoms with Crippen LogP contribution in [0.3, 0.4) is 0 Å². The predicted octanol–water partition coefficient (Wildman–Crippen LogP) is 1.89. The molecule has 2 aromatic carbocycles. The van der Waals surface area contributed by atoms with Gasteiger partial charge in [-0.1, -0.05) is 44.2 Å². The van der Waals surface area contributed by atoms with E-state index in [1.165, 1.54) is 6.07 Å². The molecular formula is C19H22BNO4. The summed E-state index contributed by atoms with van der Waals surface area (Å²) in [5.41, 5.74) is 1.15. The fourth-order valence-electron chi connectivity index (χ4n) is 2.69. The van der Waals surface area contributed by atoms with Crippen LogP contribution in [0.25, 0.3) is 0 Å². The van der Waals surface area contributed by atoms with Crippen molar-refractivity contribution >= 4 is 12.6 Å². The molecule has 2 rings (SSSR count). The van der Waals surface area contributed by atoms with E-state index < -0.39 is 7.12 Å². The first-order chi connectivity index (χ1) is 11.9. The molecule has 0 spiro atoms. The Kier molecular flexibility index (Phi) is 6.08. The van der Waals surface area contributed by atoms with Gasteiger partial charge in [0.1, 0.15) is 17.6 Å². The Morgan fingerprint density at radius 2 is 1.76 bits per heavy atom. The lowest BCUT2D eigenvalue weighted by atomic mass is 9.77. The number of nitrogens with zero attached hydrogens (tertiary/aromatic N) is 1. The molecule has 25 heavy (non-hydrogen) atoms. The smallest absolute Gasteiger partial charge is 0.489 e. The Labute approximate surface area is 148 Å². The third kappa shape index (κ3) is 4.75. The molecule has 0 fully saturated rings. The molecule has 0 saturated heterocycles. The standard InChI is InChI=1S/C19H22BNO4/c1-19(2,11-14-7-4-5-9-17(14)24-3)13-25-18-10-6-8-16(20(22)23)15(18)12-21/h4-10,22-23H,11,13H2,1-3H3. The fraction of sp³-hybridized carbons (Fsp3) is 0.316. The molecule has 2 aromatic rings. The van der Waals surface area contributed by atoms with Crippen LogP contribution < -0.4 is 14.9 Å². The van der Waals surface area contributed by atoms with E-state index in [1.54, 1.807) is 19.2 Å². The molecule has 6 heteroatoms. The first kappa shape index (κ1) is 18.8. The highest BCUT2D eigenvalue weighted by molar-refractivity contribution is 6.59. The number of methoxy groups -OCH3 is 1. The van der Waals surface area contributed by atoms with Crippen molar-refractivity contribution in [2.75, 3.05) is 13.7 Å². The summed E-state index contributed by atoms with van der Waals surface area (Å²) in [6.45, 7) is 4.50. The minimum absolute atomic E-state index is 0.141. The van der Waals surface area contributed by atoms with Crippen LogP contribution in [0.4, 0.5) is 0 Å². The monoisotopic (exact) mass is 339 g/mol. The van der Waals surface area contributed by atoms with E-state index in [1.807, 2.05) is 30.3 Å². The predicted molar refractivity (Wildman–Crippen MR) is 97.0 cm³/mol. The molecule has 0 bridgehead atoms. The summed E-state index contributed by atoms with van der Waals surface area (Å²) in [6, 6.07) is 14.6. The molecule has 0 saturated carbocycles. The summed E-state index contributed by atoms with van der Waals surface area (Å²) < 4.78 is 11.2. The maximum Gasteiger partial charge on any atom is 0.489 e. The summed E-state index contributed by atoms with van der Waals surface area (Å²) in [5.74, 6) is 1.18. The van der Waals surface area contributed by atoms with Crippen molar-refractivity contribution in [3.63, 3.8) is 0 Å². The summed E-state index contributed by atoms with van der Waals surface area (Å²) in [7, 11) is -0.0625. The molecule has 0 aromatic heterocycles. The molecule has 0 aliphatic carbocycles. The molecule has 0 aliphatic rings. The van der Waals surface area contributed by atoms with Gasteiger partial charge in [-0.2, -0.15) is 5.26 Å². The minimum Gasteiger partial charge on any atom is -0.496 e. The van der Waals surface area contributed by atoms with E-state index in [-0.39, 0.29) is 16.4 Å². The SMILES string of the molecule is COc1ccccc1CC(C)(C)COc1cccc(B(O)O)c1C#N. The highest BCUT2D eigenvalue weighted by atomic mass is 16.5. The van der Waals surface area contributed by atoms with Crippen molar-refractivity contribution in [1.82, 2.24) is 0 Å². The van der Waals surface area contributed by atoms with Gasteiger partial charge in [0.05, 0.1) is 19.3 Å². The van der Waals surface area contributed by atoms with Crippen LogP contribution in [-0.4, -0.2) is 30.9 Å². The molecule has 2 N–H and O–H groups in total. The lowest BCUT2D eigenvalue weighted by Gasteiger charge is -2.26. The largest absolute Gasteiger partial charge is 0.496 e. The first-order valence-corrected chi connectivity index (χ1v) is 8.02. The van der Waals surface area contributed by atoms with Gasteiger partial charge in [-0.25, -0.2) is 0 Å². The van der Waals surface area contributed by atoms with Crippen LogP contribution in [-0.2, 0) is 6.42 Å². The van der Waals surface area contributed by atoms with E-state index in [2.05, 4.69) is 13.8 Å². The molecule has 0 heterocycles. The average Bonchev–Trinajstić information content (AvgIpc) is 2.59. The Morgan fingerprint density at radius 1 is 1.08 bits per heavy atom. The first-order valence-electron chi connectivity index (χ1n) is 8.02. The Hall–Kier alpha value is -2.49. The second-order valence-corrected chi connectivity index (χ2v) is 6.65. The zero-order valence-electron chi connectivity index (χ0n) is 14.7. The number of hydrogen-bond donors (Lipinski definition) is 2. The lowest BCUT2D eigenvalue weighted by Crippen LogP contribution is -2.33. The maximum atomic E-state index is 9.38. The molecule has 0 radical (unpaired) electrons. The third-order valence-electron chi connectivity index (χ3n) is 3.93. The maximum absolute atomic E-state index is 9.38. The Morgan fingerprint density at radius 3 is 2.40 bits per heavy atom. The van der Waals surface area contributed by atoms with Gasteiger partial charge in [0.25, 0.3) is 0 Å². The van der Waals surface area contributed by atoms with Crippen LogP contribution in [0.5, 0.6) is 11.5 Å². The normalized spacial score (nSPS) is 10.9. The number of nitriles is 1. The second-order valence-electron chi connectivity index (χ2n) is 6.65. The Bertz CT molecular complexity index is 768. The summed E-state index contributed by atoms with van der Waals surface area (Å²) in [5, 5.41) is 28.1. The Balaban J connectivity index is 2.15. The van der Waals surface area contributed by atoms with E-state index in [0.29, 0.717) is 12.4 Å². The van der Waals surface area contributed by atoms with Gasteiger partial charge in [-0.3, -0.25) is 0 Å². The van der Waals surface area contributed by atoms with Crippen LogP contribution in [0, 0.1) is 16.7 Å². The number of rotatable bonds is 7. The van der Waals surface area contributed by atoms with Gasteiger partial charge >= 0.3 is 7.12 Å². The zero-order chi connectivity index (χ0) is 18.4. The highest BCUT2D eigenvalue weighted by Gasteiger charge is 2.24. The molecule has 130 valence electrons. The third-order valence-corrected chi connectivity index (χ3v) is 3.93. The van der Waals surface area contributed by atoms with Gasteiger partial charge in [0, 0.05) is 10.9 Å². The minimum atomic E-state index is -1.71. The number of para-hydroxylation sites is 1. The van der Waals surface area contributed by atoms with Crippen molar-refractivity contribution in [1.29, 1.82) is 5.26 Å². The van der Waals surface area contributed by atoms with Crippen LogP contribution >= 0.6 is 0 Å². The van der Waals surface area contributed by atoms with Crippen molar-refractivity contribution in [3.8, 4) is 17.6 Å². The second kappa shape index (κ2) is 8.06. The number of benzene rings is 2. The quantitative estimate of drug-likeness (QED) is 0.753. The number of hydrogen-bond acceptors (Lipinski definition) is 5. The average molecular weight is 339 g/mol. The molecule has 5 nitrogen and oxygen atoms in total. The molecule has 0 amide bonds. The molecular weight excluding hydrogens is 317 g/mol. The molecule has 0 atom stereocenters. The van der Waals surface area contributed by atoms with Crippen LogP contribution in [0.15, 0.2) is 42.5 Å². The fourth-order valence-corrected chi connectivity index (χ4v) is 2.69. The van der Waals surface area contributed by atoms with Gasteiger partial charge < -0.3 is 19.5 Å². The van der Waals surface area contributed by atoms with Gasteiger partial charge in [0.15, 0.2) is 0 Å². The van der Waals surface area contributed by atoms with Crippen molar-refractivity contribution in [2.45, 2.75) is 20.3 Å². The summed E-state index contributed by atoms with van der Waals surface area (Å²) in [4.78, 5) is 0. The summed E-state index contributed by atoms with van der Waals surface area (Å²) >= 11 is 0. The van der Waals surface area contributed by atoms with E-state index >= 15 is 0 Å². The topological polar surface area (TPSA) is 82.7 Å². The van der Waals surface area contributed by atoms with E-state index in [0.717, 1.165) is 17.7 Å². The highest BCUT2D eigenvalue weighted by Crippen LogP contribution is 2.29. The zero-order valence-corrected chi connectivity index (χ0v) is 14.7.